The molecule has 0 bridgehead atoms. The molecule has 1 atom stereocenters. The van der Waals surface area contributed by atoms with Crippen molar-refractivity contribution >= 4 is 17.9 Å². The molecule has 0 radical (unpaired) electrons. The van der Waals surface area contributed by atoms with E-state index in [2.05, 4.69) is 136 Å². The summed E-state index contributed by atoms with van der Waals surface area (Å²) in [5.41, 5.74) is 0. The van der Waals surface area contributed by atoms with Gasteiger partial charge in [0.15, 0.2) is 6.10 Å². The zero-order chi connectivity index (χ0) is 51.4. The maximum absolute atomic E-state index is 12.9. The molecule has 0 aromatic heterocycles. The Bertz CT molecular complexity index is 1500. The fourth-order valence-corrected chi connectivity index (χ4v) is 7.63. The van der Waals surface area contributed by atoms with Crippen LogP contribution in [0.3, 0.4) is 0 Å². The maximum atomic E-state index is 12.9. The van der Waals surface area contributed by atoms with Crippen molar-refractivity contribution in [1.82, 2.24) is 0 Å². The van der Waals surface area contributed by atoms with Crippen molar-refractivity contribution < 1.29 is 28.6 Å². The summed E-state index contributed by atoms with van der Waals surface area (Å²) in [5, 5.41) is 0. The van der Waals surface area contributed by atoms with E-state index < -0.39 is 6.10 Å². The van der Waals surface area contributed by atoms with Crippen LogP contribution >= 0.6 is 0 Å². The standard InChI is InChI=1S/C65H106O6/c1-4-7-10-13-16-19-22-25-28-30-32-34-37-39-42-45-48-51-54-57-63(66)69-60-62(71-65(68)59-56-53-50-47-44-41-36-27-24-21-18-15-12-9-6-3)61-70-64(67)58-55-52-49-46-43-40-38-35-33-31-29-26-23-20-17-14-11-8-5-2/h7,10,16-17,19-20,25-26,28-29,32-35,39-40,42-43,49,52,62H,4-6,8-9,11-15,18,21-24,27,30-31,36-38,41,44-48,50-51,53-61H2,1-3H3/b10-7-,19-16-,20-17-,28-25-,29-26-,34-32-,35-33-,42-39-,43-40-,52-49-/t62-/m1/s1. The summed E-state index contributed by atoms with van der Waals surface area (Å²) in [6.45, 7) is 6.41. The Kier molecular flexibility index (Phi) is 54.9. The van der Waals surface area contributed by atoms with Gasteiger partial charge in [-0.1, -0.05) is 251 Å². The molecule has 0 heterocycles. The van der Waals surface area contributed by atoms with Crippen molar-refractivity contribution in [2.24, 2.45) is 0 Å². The first-order valence-electron chi connectivity index (χ1n) is 29.0. The van der Waals surface area contributed by atoms with Crippen LogP contribution in [0.15, 0.2) is 122 Å². The molecule has 0 saturated heterocycles. The number of rotatable bonds is 51. The third-order valence-electron chi connectivity index (χ3n) is 12.0. The minimum absolute atomic E-state index is 0.119. The van der Waals surface area contributed by atoms with Crippen LogP contribution in [0.25, 0.3) is 0 Å². The first kappa shape index (κ1) is 66.8. The van der Waals surface area contributed by atoms with Crippen LogP contribution < -0.4 is 0 Å². The topological polar surface area (TPSA) is 78.9 Å². The number of unbranched alkanes of at least 4 members (excludes halogenated alkanes) is 20. The summed E-state index contributed by atoms with van der Waals surface area (Å²) >= 11 is 0. The molecule has 0 aromatic rings. The lowest BCUT2D eigenvalue weighted by molar-refractivity contribution is -0.166. The second-order valence-electron chi connectivity index (χ2n) is 18.8. The summed E-state index contributed by atoms with van der Waals surface area (Å²) < 4.78 is 16.8. The van der Waals surface area contributed by atoms with Crippen LogP contribution in [-0.2, 0) is 28.6 Å². The Morgan fingerprint density at radius 1 is 0.296 bits per heavy atom. The first-order chi connectivity index (χ1) is 35.0. The predicted octanol–water partition coefficient (Wildman–Crippen LogP) is 19.6. The molecule has 0 rings (SSSR count). The van der Waals surface area contributed by atoms with E-state index in [0.717, 1.165) is 103 Å². The number of esters is 3. The lowest BCUT2D eigenvalue weighted by Gasteiger charge is -2.18. The molecule has 0 aliphatic heterocycles. The van der Waals surface area contributed by atoms with Crippen molar-refractivity contribution in [3.05, 3.63) is 122 Å². The Morgan fingerprint density at radius 2 is 0.577 bits per heavy atom. The maximum Gasteiger partial charge on any atom is 0.306 e. The molecule has 0 unspecified atom stereocenters. The summed E-state index contributed by atoms with van der Waals surface area (Å²) in [6, 6.07) is 0. The third kappa shape index (κ3) is 56.6. The second kappa shape index (κ2) is 58.4. The van der Waals surface area contributed by atoms with Crippen molar-refractivity contribution in [3.8, 4) is 0 Å². The molecule has 0 spiro atoms. The molecule has 0 aliphatic carbocycles. The SMILES string of the molecule is CC/C=C\C/C=C\C/C=C\C/C=C\C/C=C\CCCCCC(=O)OC[C@H](COC(=O)CC/C=C\C/C=C\C/C=C\C/C=C\C/C=C\CCCCC)OC(=O)CCCCCCCCCCCCCCCCC. The fraction of sp³-hybridized carbons (Fsp3) is 0.646. The Hall–Kier alpha value is -4.19. The van der Waals surface area contributed by atoms with Crippen molar-refractivity contribution in [1.29, 1.82) is 0 Å². The lowest BCUT2D eigenvalue weighted by Crippen LogP contribution is -2.30. The Labute approximate surface area is 437 Å². The average molecular weight is 984 g/mol. The van der Waals surface area contributed by atoms with Gasteiger partial charge < -0.3 is 14.2 Å². The highest BCUT2D eigenvalue weighted by Gasteiger charge is 2.19. The predicted molar refractivity (Wildman–Crippen MR) is 306 cm³/mol. The van der Waals surface area contributed by atoms with Gasteiger partial charge in [0, 0.05) is 19.3 Å². The molecule has 0 aromatic carbocycles. The molecule has 6 heteroatoms. The zero-order valence-electron chi connectivity index (χ0n) is 45.9. The number of carbonyl (C=O) groups excluding carboxylic acids is 3. The lowest BCUT2D eigenvalue weighted by atomic mass is 10.0. The molecule has 0 fully saturated rings. The molecular formula is C65H106O6. The van der Waals surface area contributed by atoms with Crippen LogP contribution in [0, 0.1) is 0 Å². The highest BCUT2D eigenvalue weighted by molar-refractivity contribution is 5.71. The van der Waals surface area contributed by atoms with Gasteiger partial charge in [0.05, 0.1) is 0 Å². The van der Waals surface area contributed by atoms with Gasteiger partial charge in [-0.3, -0.25) is 14.4 Å². The number of allylic oxidation sites excluding steroid dienone is 20. The Morgan fingerprint density at radius 3 is 0.972 bits per heavy atom. The molecule has 402 valence electrons. The fourth-order valence-electron chi connectivity index (χ4n) is 7.63. The third-order valence-corrected chi connectivity index (χ3v) is 12.0. The quantitative estimate of drug-likeness (QED) is 0.0261. The molecular weight excluding hydrogens is 877 g/mol. The van der Waals surface area contributed by atoms with E-state index in [4.69, 9.17) is 14.2 Å². The highest BCUT2D eigenvalue weighted by Crippen LogP contribution is 2.15. The van der Waals surface area contributed by atoms with Crippen molar-refractivity contribution in [2.75, 3.05) is 13.2 Å². The molecule has 6 nitrogen and oxygen atoms in total. The average Bonchev–Trinajstić information content (AvgIpc) is 3.37. The summed E-state index contributed by atoms with van der Waals surface area (Å²) in [6.07, 6.45) is 80.5. The molecule has 0 saturated carbocycles. The van der Waals surface area contributed by atoms with Gasteiger partial charge in [0.1, 0.15) is 13.2 Å². The first-order valence-corrected chi connectivity index (χ1v) is 29.0. The van der Waals surface area contributed by atoms with Gasteiger partial charge in [-0.15, -0.1) is 0 Å². The molecule has 0 amide bonds. The Balaban J connectivity index is 4.56. The van der Waals surface area contributed by atoms with E-state index in [9.17, 15) is 14.4 Å². The largest absolute Gasteiger partial charge is 0.462 e. The molecule has 71 heavy (non-hydrogen) atoms. The van der Waals surface area contributed by atoms with Crippen LogP contribution in [0.2, 0.25) is 0 Å². The van der Waals surface area contributed by atoms with Crippen LogP contribution in [0.5, 0.6) is 0 Å². The summed E-state index contributed by atoms with van der Waals surface area (Å²) in [4.78, 5) is 38.1. The van der Waals surface area contributed by atoms with Crippen molar-refractivity contribution in [3.63, 3.8) is 0 Å². The zero-order valence-corrected chi connectivity index (χ0v) is 45.9. The summed E-state index contributed by atoms with van der Waals surface area (Å²) in [5.74, 6) is -1.03. The van der Waals surface area contributed by atoms with E-state index in [-0.39, 0.29) is 37.5 Å². The van der Waals surface area contributed by atoms with Gasteiger partial charge in [0.25, 0.3) is 0 Å². The molecule has 0 aliphatic rings. The number of hydrogen-bond acceptors (Lipinski definition) is 6. The second-order valence-corrected chi connectivity index (χ2v) is 18.8. The minimum Gasteiger partial charge on any atom is -0.462 e. The van der Waals surface area contributed by atoms with Gasteiger partial charge in [-0.05, 0) is 103 Å². The van der Waals surface area contributed by atoms with E-state index in [1.54, 1.807) is 0 Å². The van der Waals surface area contributed by atoms with E-state index in [1.807, 2.05) is 6.08 Å². The van der Waals surface area contributed by atoms with Gasteiger partial charge in [0.2, 0.25) is 0 Å². The van der Waals surface area contributed by atoms with Crippen LogP contribution in [0.1, 0.15) is 252 Å². The van der Waals surface area contributed by atoms with Crippen LogP contribution in [-0.4, -0.2) is 37.2 Å². The summed E-state index contributed by atoms with van der Waals surface area (Å²) in [7, 11) is 0. The van der Waals surface area contributed by atoms with E-state index in [1.165, 1.54) is 103 Å². The highest BCUT2D eigenvalue weighted by atomic mass is 16.6. The van der Waals surface area contributed by atoms with E-state index in [0.29, 0.717) is 19.3 Å². The van der Waals surface area contributed by atoms with Gasteiger partial charge in [-0.25, -0.2) is 0 Å². The number of ether oxygens (including phenoxy) is 3. The number of hydrogen-bond donors (Lipinski definition) is 0. The minimum atomic E-state index is -0.824. The van der Waals surface area contributed by atoms with E-state index >= 15 is 0 Å². The number of carbonyl (C=O) groups is 3. The van der Waals surface area contributed by atoms with Gasteiger partial charge in [-0.2, -0.15) is 0 Å². The van der Waals surface area contributed by atoms with Crippen LogP contribution in [0.4, 0.5) is 0 Å². The van der Waals surface area contributed by atoms with Crippen molar-refractivity contribution in [2.45, 2.75) is 258 Å². The molecule has 0 N–H and O–H groups in total. The monoisotopic (exact) mass is 983 g/mol. The smallest absolute Gasteiger partial charge is 0.306 e. The normalized spacial score (nSPS) is 13.0. The van der Waals surface area contributed by atoms with Gasteiger partial charge >= 0.3 is 17.9 Å².